The Morgan fingerprint density at radius 3 is 2.48 bits per heavy atom. The largest absolute Gasteiger partial charge is 0.384 e. The fourth-order valence-electron chi connectivity index (χ4n) is 2.52. The molecule has 1 aliphatic rings. The summed E-state index contributed by atoms with van der Waals surface area (Å²) in [5, 5.41) is 2.87. The summed E-state index contributed by atoms with van der Waals surface area (Å²) in [6.07, 6.45) is 2.89. The lowest BCUT2D eigenvalue weighted by Gasteiger charge is -2.33. The predicted octanol–water partition coefficient (Wildman–Crippen LogP) is 2.28. The molecule has 0 bridgehead atoms. The number of ether oxygens (including phenoxy) is 2. The first-order chi connectivity index (χ1) is 10.2. The topological polar surface area (TPSA) is 50.8 Å². The standard InChI is InChI=1S/C16H24N2O3/c1-20-12-9-16(19)17-13-3-5-14(6-4-13)18-10-7-15(21-2)8-11-18/h3-6,15H,7-12H2,1-2H3,(H,17,19). The highest BCUT2D eigenvalue weighted by Gasteiger charge is 2.18. The number of piperidine rings is 1. The highest BCUT2D eigenvalue weighted by molar-refractivity contribution is 5.90. The van der Waals surface area contributed by atoms with Gasteiger partial charge in [0, 0.05) is 38.7 Å². The van der Waals surface area contributed by atoms with Crippen molar-refractivity contribution >= 4 is 17.3 Å². The monoisotopic (exact) mass is 292 g/mol. The van der Waals surface area contributed by atoms with Crippen LogP contribution < -0.4 is 10.2 Å². The SMILES string of the molecule is COCCC(=O)Nc1ccc(N2CCC(OC)CC2)cc1. The van der Waals surface area contributed by atoms with E-state index in [4.69, 9.17) is 9.47 Å². The highest BCUT2D eigenvalue weighted by Crippen LogP contribution is 2.22. The van der Waals surface area contributed by atoms with Crippen LogP contribution in [0.1, 0.15) is 19.3 Å². The molecule has 2 rings (SSSR count). The third kappa shape index (κ3) is 4.72. The quantitative estimate of drug-likeness (QED) is 0.874. The molecule has 1 aliphatic heterocycles. The summed E-state index contributed by atoms with van der Waals surface area (Å²) in [6, 6.07) is 8.00. The number of hydrogen-bond donors (Lipinski definition) is 1. The Bertz CT molecular complexity index is 439. The van der Waals surface area contributed by atoms with Crippen molar-refractivity contribution in [3.63, 3.8) is 0 Å². The van der Waals surface area contributed by atoms with Crippen LogP contribution in [0.15, 0.2) is 24.3 Å². The van der Waals surface area contributed by atoms with Crippen LogP contribution in [0.5, 0.6) is 0 Å². The Morgan fingerprint density at radius 1 is 1.24 bits per heavy atom. The van der Waals surface area contributed by atoms with Gasteiger partial charge in [0.15, 0.2) is 0 Å². The van der Waals surface area contributed by atoms with Crippen molar-refractivity contribution in [2.75, 3.05) is 44.1 Å². The van der Waals surface area contributed by atoms with Crippen LogP contribution in [-0.4, -0.2) is 45.9 Å². The average molecular weight is 292 g/mol. The van der Waals surface area contributed by atoms with Crippen LogP contribution in [-0.2, 0) is 14.3 Å². The van der Waals surface area contributed by atoms with E-state index in [9.17, 15) is 4.79 Å². The molecule has 0 spiro atoms. The number of nitrogens with zero attached hydrogens (tertiary/aromatic N) is 1. The molecule has 1 heterocycles. The van der Waals surface area contributed by atoms with Gasteiger partial charge in [0.25, 0.3) is 0 Å². The van der Waals surface area contributed by atoms with E-state index in [2.05, 4.69) is 22.3 Å². The molecule has 1 aromatic rings. The van der Waals surface area contributed by atoms with E-state index in [-0.39, 0.29) is 5.91 Å². The summed E-state index contributed by atoms with van der Waals surface area (Å²) in [4.78, 5) is 14.0. The van der Waals surface area contributed by atoms with Gasteiger partial charge in [0.05, 0.1) is 19.1 Å². The Labute approximate surface area is 126 Å². The average Bonchev–Trinajstić information content (AvgIpc) is 2.54. The maximum absolute atomic E-state index is 11.6. The van der Waals surface area contributed by atoms with E-state index in [1.807, 2.05) is 12.1 Å². The zero-order chi connectivity index (χ0) is 15.1. The number of nitrogens with one attached hydrogen (secondary N) is 1. The summed E-state index contributed by atoms with van der Waals surface area (Å²) in [5.41, 5.74) is 2.02. The molecule has 0 unspecified atom stereocenters. The molecule has 0 radical (unpaired) electrons. The van der Waals surface area contributed by atoms with E-state index < -0.39 is 0 Å². The first-order valence-electron chi connectivity index (χ1n) is 7.39. The van der Waals surface area contributed by atoms with Gasteiger partial charge >= 0.3 is 0 Å². The first kappa shape index (κ1) is 15.8. The van der Waals surface area contributed by atoms with E-state index in [1.54, 1.807) is 14.2 Å². The summed E-state index contributed by atoms with van der Waals surface area (Å²) in [5.74, 6) is -0.0227. The zero-order valence-electron chi connectivity index (χ0n) is 12.8. The smallest absolute Gasteiger partial charge is 0.226 e. The maximum atomic E-state index is 11.6. The second-order valence-corrected chi connectivity index (χ2v) is 5.26. The number of benzene rings is 1. The van der Waals surface area contributed by atoms with Gasteiger partial charge < -0.3 is 19.7 Å². The number of carbonyl (C=O) groups excluding carboxylic acids is 1. The van der Waals surface area contributed by atoms with Gasteiger partial charge in [-0.25, -0.2) is 0 Å². The molecule has 0 aliphatic carbocycles. The van der Waals surface area contributed by atoms with Crippen LogP contribution >= 0.6 is 0 Å². The number of methoxy groups -OCH3 is 2. The fraction of sp³-hybridized carbons (Fsp3) is 0.562. The van der Waals surface area contributed by atoms with Crippen molar-refractivity contribution in [1.82, 2.24) is 0 Å². The Morgan fingerprint density at radius 2 is 1.90 bits per heavy atom. The molecule has 21 heavy (non-hydrogen) atoms. The second kappa shape index (κ2) is 8.00. The zero-order valence-corrected chi connectivity index (χ0v) is 12.8. The summed E-state index contributed by atoms with van der Waals surface area (Å²) >= 11 is 0. The van der Waals surface area contributed by atoms with E-state index >= 15 is 0 Å². The molecule has 1 fully saturated rings. The molecule has 1 aromatic carbocycles. The Hall–Kier alpha value is -1.59. The van der Waals surface area contributed by atoms with Crippen molar-refractivity contribution in [2.45, 2.75) is 25.4 Å². The fourth-order valence-corrected chi connectivity index (χ4v) is 2.52. The van der Waals surface area contributed by atoms with Gasteiger partial charge in [0.1, 0.15) is 0 Å². The lowest BCUT2D eigenvalue weighted by atomic mass is 10.1. The molecular formula is C16H24N2O3. The highest BCUT2D eigenvalue weighted by atomic mass is 16.5. The molecule has 1 saturated heterocycles. The van der Waals surface area contributed by atoms with Crippen LogP contribution in [0, 0.1) is 0 Å². The summed E-state index contributed by atoms with van der Waals surface area (Å²) in [7, 11) is 3.37. The van der Waals surface area contributed by atoms with Crippen molar-refractivity contribution < 1.29 is 14.3 Å². The third-order valence-electron chi connectivity index (χ3n) is 3.82. The van der Waals surface area contributed by atoms with Gasteiger partial charge in [-0.05, 0) is 37.1 Å². The third-order valence-corrected chi connectivity index (χ3v) is 3.82. The first-order valence-corrected chi connectivity index (χ1v) is 7.39. The minimum atomic E-state index is -0.0227. The minimum absolute atomic E-state index is 0.0227. The molecule has 116 valence electrons. The molecule has 5 nitrogen and oxygen atoms in total. The van der Waals surface area contributed by atoms with E-state index in [1.165, 1.54) is 5.69 Å². The molecule has 1 N–H and O–H groups in total. The molecule has 0 atom stereocenters. The molecule has 1 amide bonds. The Kier molecular flexibility index (Phi) is 6.02. The predicted molar refractivity (Wildman–Crippen MR) is 83.8 cm³/mol. The van der Waals surface area contributed by atoms with Gasteiger partial charge in [-0.3, -0.25) is 4.79 Å². The molecule has 0 aromatic heterocycles. The van der Waals surface area contributed by atoms with Crippen LogP contribution in [0.4, 0.5) is 11.4 Å². The molecular weight excluding hydrogens is 268 g/mol. The lowest BCUT2D eigenvalue weighted by Crippen LogP contribution is -2.36. The van der Waals surface area contributed by atoms with Crippen LogP contribution in [0.25, 0.3) is 0 Å². The van der Waals surface area contributed by atoms with Crippen molar-refractivity contribution in [3.05, 3.63) is 24.3 Å². The van der Waals surface area contributed by atoms with Crippen LogP contribution in [0.2, 0.25) is 0 Å². The van der Waals surface area contributed by atoms with Crippen LogP contribution in [0.3, 0.4) is 0 Å². The normalized spacial score (nSPS) is 16.0. The molecule has 0 saturated carbocycles. The van der Waals surface area contributed by atoms with Gasteiger partial charge in [-0.1, -0.05) is 0 Å². The van der Waals surface area contributed by atoms with E-state index in [0.29, 0.717) is 19.1 Å². The Balaban J connectivity index is 1.86. The number of hydrogen-bond acceptors (Lipinski definition) is 4. The van der Waals surface area contributed by atoms with E-state index in [0.717, 1.165) is 31.6 Å². The van der Waals surface area contributed by atoms with Crippen molar-refractivity contribution in [2.24, 2.45) is 0 Å². The number of anilines is 2. The minimum Gasteiger partial charge on any atom is -0.384 e. The van der Waals surface area contributed by atoms with Gasteiger partial charge in [-0.2, -0.15) is 0 Å². The number of amides is 1. The van der Waals surface area contributed by atoms with Gasteiger partial charge in [-0.15, -0.1) is 0 Å². The second-order valence-electron chi connectivity index (χ2n) is 5.26. The lowest BCUT2D eigenvalue weighted by molar-refractivity contribution is -0.117. The van der Waals surface area contributed by atoms with Crippen molar-refractivity contribution in [1.29, 1.82) is 0 Å². The van der Waals surface area contributed by atoms with Crippen molar-refractivity contribution in [3.8, 4) is 0 Å². The summed E-state index contributed by atoms with van der Waals surface area (Å²) < 4.78 is 10.3. The number of carbonyl (C=O) groups is 1. The van der Waals surface area contributed by atoms with Gasteiger partial charge in [0.2, 0.25) is 5.91 Å². The summed E-state index contributed by atoms with van der Waals surface area (Å²) in [6.45, 7) is 2.47. The molecule has 5 heteroatoms. The number of rotatable bonds is 6. The maximum Gasteiger partial charge on any atom is 0.226 e.